The van der Waals surface area contributed by atoms with Gasteiger partial charge in [-0.3, -0.25) is 4.79 Å². The number of amides is 1. The van der Waals surface area contributed by atoms with Crippen LogP contribution in [-0.4, -0.2) is 31.7 Å². The number of nitrogens with zero attached hydrogens (tertiary/aromatic N) is 1. The molecule has 0 saturated heterocycles. The van der Waals surface area contributed by atoms with Crippen LogP contribution in [0.25, 0.3) is 0 Å². The van der Waals surface area contributed by atoms with E-state index in [2.05, 4.69) is 22.5 Å². The van der Waals surface area contributed by atoms with Gasteiger partial charge in [0.2, 0.25) is 0 Å². The number of rotatable bonds is 8. The Labute approximate surface area is 142 Å². The Balaban J connectivity index is 1.95. The summed E-state index contributed by atoms with van der Waals surface area (Å²) in [4.78, 5) is 16.4. The summed E-state index contributed by atoms with van der Waals surface area (Å²) in [5.74, 6) is 1.90. The molecule has 2 aromatic rings. The molecule has 128 valence electrons. The molecule has 2 rings (SSSR count). The number of anilines is 1. The van der Waals surface area contributed by atoms with Crippen molar-refractivity contribution in [3.63, 3.8) is 0 Å². The zero-order valence-electron chi connectivity index (χ0n) is 14.3. The van der Waals surface area contributed by atoms with Gasteiger partial charge in [0.05, 0.1) is 19.8 Å². The molecule has 0 saturated carbocycles. The zero-order valence-corrected chi connectivity index (χ0v) is 14.3. The Morgan fingerprint density at radius 2 is 1.92 bits per heavy atom. The van der Waals surface area contributed by atoms with Crippen molar-refractivity contribution < 1.29 is 14.3 Å². The monoisotopic (exact) mass is 329 g/mol. The highest BCUT2D eigenvalue weighted by atomic mass is 16.5. The number of methoxy groups -OCH3 is 2. The third-order valence-corrected chi connectivity index (χ3v) is 3.48. The Morgan fingerprint density at radius 3 is 2.54 bits per heavy atom. The van der Waals surface area contributed by atoms with Gasteiger partial charge in [-0.2, -0.15) is 0 Å². The predicted octanol–water partition coefficient (Wildman–Crippen LogP) is 2.85. The molecule has 6 heteroatoms. The summed E-state index contributed by atoms with van der Waals surface area (Å²) < 4.78 is 10.5. The topological polar surface area (TPSA) is 72.5 Å². The lowest BCUT2D eigenvalue weighted by atomic mass is 10.2. The van der Waals surface area contributed by atoms with E-state index in [4.69, 9.17) is 9.47 Å². The first kappa shape index (κ1) is 17.6. The fourth-order valence-corrected chi connectivity index (χ4v) is 2.16. The van der Waals surface area contributed by atoms with Gasteiger partial charge in [-0.25, -0.2) is 4.98 Å². The molecule has 2 N–H and O–H groups in total. The van der Waals surface area contributed by atoms with E-state index in [0.29, 0.717) is 23.6 Å². The van der Waals surface area contributed by atoms with Gasteiger partial charge < -0.3 is 20.1 Å². The van der Waals surface area contributed by atoms with Gasteiger partial charge in [0.25, 0.3) is 5.91 Å². The smallest absolute Gasteiger partial charge is 0.253 e. The largest absolute Gasteiger partial charge is 0.493 e. The molecule has 0 aliphatic carbocycles. The highest BCUT2D eigenvalue weighted by molar-refractivity contribution is 5.94. The number of hydrogen-bond donors (Lipinski definition) is 2. The molecular weight excluding hydrogens is 306 g/mol. The van der Waals surface area contributed by atoms with Crippen molar-refractivity contribution in [1.82, 2.24) is 10.3 Å². The molecule has 0 fully saturated rings. The average molecular weight is 329 g/mol. The Kier molecular flexibility index (Phi) is 6.42. The summed E-state index contributed by atoms with van der Waals surface area (Å²) >= 11 is 0. The van der Waals surface area contributed by atoms with Gasteiger partial charge >= 0.3 is 0 Å². The van der Waals surface area contributed by atoms with E-state index in [1.807, 2.05) is 18.2 Å². The van der Waals surface area contributed by atoms with Gasteiger partial charge in [0.1, 0.15) is 5.82 Å². The molecule has 0 atom stereocenters. The molecule has 1 amide bonds. The molecule has 1 aromatic carbocycles. The molecule has 0 radical (unpaired) electrons. The van der Waals surface area contributed by atoms with E-state index in [9.17, 15) is 4.79 Å². The summed E-state index contributed by atoms with van der Waals surface area (Å²) in [6.45, 7) is 3.34. The number of pyridine rings is 1. The maximum absolute atomic E-state index is 12.2. The number of benzene rings is 1. The molecule has 1 heterocycles. The second-order valence-electron chi connectivity index (χ2n) is 5.23. The summed E-state index contributed by atoms with van der Waals surface area (Å²) in [5, 5.41) is 6.04. The van der Waals surface area contributed by atoms with Crippen LogP contribution in [-0.2, 0) is 6.54 Å². The van der Waals surface area contributed by atoms with Gasteiger partial charge in [0, 0.05) is 19.3 Å². The normalized spacial score (nSPS) is 10.1. The molecule has 6 nitrogen and oxygen atoms in total. The van der Waals surface area contributed by atoms with Crippen LogP contribution in [0.4, 0.5) is 5.82 Å². The van der Waals surface area contributed by atoms with Gasteiger partial charge in [-0.15, -0.1) is 0 Å². The number of carbonyl (C=O) groups is 1. The van der Waals surface area contributed by atoms with E-state index in [-0.39, 0.29) is 5.91 Å². The van der Waals surface area contributed by atoms with Crippen molar-refractivity contribution in [2.24, 2.45) is 0 Å². The first-order chi connectivity index (χ1) is 11.7. The summed E-state index contributed by atoms with van der Waals surface area (Å²) in [7, 11) is 3.17. The van der Waals surface area contributed by atoms with E-state index in [1.165, 1.54) is 0 Å². The lowest BCUT2D eigenvalue weighted by Gasteiger charge is -2.10. The highest BCUT2D eigenvalue weighted by Gasteiger charge is 2.08. The maximum Gasteiger partial charge on any atom is 0.253 e. The van der Waals surface area contributed by atoms with Crippen molar-refractivity contribution in [2.75, 3.05) is 26.1 Å². The molecular formula is C18H23N3O3. The van der Waals surface area contributed by atoms with E-state index in [0.717, 1.165) is 24.3 Å². The highest BCUT2D eigenvalue weighted by Crippen LogP contribution is 2.27. The van der Waals surface area contributed by atoms with E-state index in [1.54, 1.807) is 32.5 Å². The second kappa shape index (κ2) is 8.76. The van der Waals surface area contributed by atoms with E-state index >= 15 is 0 Å². The van der Waals surface area contributed by atoms with Crippen LogP contribution in [0.1, 0.15) is 29.3 Å². The van der Waals surface area contributed by atoms with Crippen LogP contribution >= 0.6 is 0 Å². The SMILES string of the molecule is CCCNc1ccc(C(=O)NCc2ccc(OC)c(OC)c2)cn1. The fraction of sp³-hybridized carbons (Fsp3) is 0.333. The van der Waals surface area contributed by atoms with Crippen LogP contribution in [0.15, 0.2) is 36.5 Å². The van der Waals surface area contributed by atoms with Crippen LogP contribution < -0.4 is 20.1 Å². The van der Waals surface area contributed by atoms with Gasteiger partial charge in [-0.05, 0) is 36.2 Å². The van der Waals surface area contributed by atoms with E-state index < -0.39 is 0 Å². The van der Waals surface area contributed by atoms with Crippen molar-refractivity contribution in [3.8, 4) is 11.5 Å². The lowest BCUT2D eigenvalue weighted by Crippen LogP contribution is -2.23. The van der Waals surface area contributed by atoms with Crippen molar-refractivity contribution in [2.45, 2.75) is 19.9 Å². The summed E-state index contributed by atoms with van der Waals surface area (Å²) in [6, 6.07) is 9.11. The average Bonchev–Trinajstić information content (AvgIpc) is 2.64. The maximum atomic E-state index is 12.2. The Bertz CT molecular complexity index is 672. The fourth-order valence-electron chi connectivity index (χ4n) is 2.16. The molecule has 0 unspecified atom stereocenters. The molecule has 1 aromatic heterocycles. The third kappa shape index (κ3) is 4.62. The van der Waals surface area contributed by atoms with Crippen LogP contribution in [0.2, 0.25) is 0 Å². The molecule has 0 aliphatic rings. The second-order valence-corrected chi connectivity index (χ2v) is 5.23. The Morgan fingerprint density at radius 1 is 1.12 bits per heavy atom. The van der Waals surface area contributed by atoms with Crippen molar-refractivity contribution >= 4 is 11.7 Å². The van der Waals surface area contributed by atoms with Crippen LogP contribution in [0.3, 0.4) is 0 Å². The molecule has 24 heavy (non-hydrogen) atoms. The molecule has 0 aliphatic heterocycles. The number of carbonyl (C=O) groups excluding carboxylic acids is 1. The third-order valence-electron chi connectivity index (χ3n) is 3.48. The van der Waals surface area contributed by atoms with Gasteiger partial charge in [0.15, 0.2) is 11.5 Å². The minimum absolute atomic E-state index is 0.167. The predicted molar refractivity (Wildman–Crippen MR) is 93.7 cm³/mol. The minimum atomic E-state index is -0.167. The number of ether oxygens (including phenoxy) is 2. The molecule has 0 bridgehead atoms. The quantitative estimate of drug-likeness (QED) is 0.779. The standard InChI is InChI=1S/C18H23N3O3/c1-4-9-19-17-8-6-14(12-20-17)18(22)21-11-13-5-7-15(23-2)16(10-13)24-3/h5-8,10,12H,4,9,11H2,1-3H3,(H,19,20)(H,21,22). The molecule has 0 spiro atoms. The number of aromatic nitrogens is 1. The Hall–Kier alpha value is -2.76. The minimum Gasteiger partial charge on any atom is -0.493 e. The number of nitrogens with one attached hydrogen (secondary N) is 2. The first-order valence-corrected chi connectivity index (χ1v) is 7.87. The summed E-state index contributed by atoms with van der Waals surface area (Å²) in [6.07, 6.45) is 2.59. The zero-order chi connectivity index (χ0) is 17.4. The van der Waals surface area contributed by atoms with Crippen molar-refractivity contribution in [3.05, 3.63) is 47.7 Å². The summed E-state index contributed by atoms with van der Waals surface area (Å²) in [5.41, 5.74) is 1.45. The number of hydrogen-bond acceptors (Lipinski definition) is 5. The lowest BCUT2D eigenvalue weighted by molar-refractivity contribution is 0.0950. The first-order valence-electron chi connectivity index (χ1n) is 7.87. The van der Waals surface area contributed by atoms with Crippen molar-refractivity contribution in [1.29, 1.82) is 0 Å². The van der Waals surface area contributed by atoms with Crippen LogP contribution in [0, 0.1) is 0 Å². The van der Waals surface area contributed by atoms with Gasteiger partial charge in [-0.1, -0.05) is 13.0 Å². The van der Waals surface area contributed by atoms with Crippen LogP contribution in [0.5, 0.6) is 11.5 Å².